The minimum atomic E-state index is -0.296. The summed E-state index contributed by atoms with van der Waals surface area (Å²) in [6.45, 7) is 11.9. The predicted octanol–water partition coefficient (Wildman–Crippen LogP) is 5.36. The van der Waals surface area contributed by atoms with E-state index in [0.29, 0.717) is 25.2 Å². The quantitative estimate of drug-likeness (QED) is 0.156. The van der Waals surface area contributed by atoms with Crippen LogP contribution in [0, 0.1) is 34.5 Å². The van der Waals surface area contributed by atoms with Crippen LogP contribution in [-0.2, 0) is 19.1 Å². The number of carbonyl (C=O) groups excluding carboxylic acids is 2. The van der Waals surface area contributed by atoms with Crippen LogP contribution in [0.5, 0.6) is 0 Å². The van der Waals surface area contributed by atoms with Gasteiger partial charge in [-0.2, -0.15) is 0 Å². The lowest BCUT2D eigenvalue weighted by atomic mass is 9.53. The predicted molar refractivity (Wildman–Crippen MR) is 133 cm³/mol. The topological polar surface area (TPSA) is 118 Å². The Kier molecular flexibility index (Phi) is 8.32. The molecule has 35 heavy (non-hydrogen) atoms. The highest BCUT2D eigenvalue weighted by Crippen LogP contribution is 2.63. The maximum atomic E-state index is 11.5. The summed E-state index contributed by atoms with van der Waals surface area (Å²) >= 11 is 0. The minimum absolute atomic E-state index is 0.000160. The van der Waals surface area contributed by atoms with Crippen LogP contribution in [0.4, 0.5) is 0 Å². The minimum Gasteiger partial charge on any atom is -0.466 e. The molecule has 7 atom stereocenters. The highest BCUT2D eigenvalue weighted by molar-refractivity contribution is 5.97. The van der Waals surface area contributed by atoms with E-state index >= 15 is 0 Å². The zero-order chi connectivity index (χ0) is 26.0. The van der Waals surface area contributed by atoms with Crippen molar-refractivity contribution in [2.75, 3.05) is 6.61 Å². The molecule has 3 aliphatic rings. The van der Waals surface area contributed by atoms with Crippen LogP contribution in [0.1, 0.15) is 86.5 Å². The van der Waals surface area contributed by atoms with E-state index in [1.54, 1.807) is 0 Å². The Hall–Kier alpha value is -2.38. The van der Waals surface area contributed by atoms with Crippen LogP contribution in [0.15, 0.2) is 22.0 Å². The van der Waals surface area contributed by atoms with Crippen LogP contribution in [0.25, 0.3) is 0 Å². The number of fused-ring (bicyclic) bond motifs is 2. The molecule has 0 unspecified atom stereocenters. The molecule has 2 N–H and O–H groups in total. The first-order chi connectivity index (χ1) is 16.4. The maximum absolute atomic E-state index is 11.5. The molecule has 0 saturated heterocycles. The SMILES string of the molecule is CC(=O)OC[C@@H](C)CC/C(=N/O)[C@@H](C)[C@@H]1/C(=N\O)C[C@H]2C=C3C[C@@H](OC(C)=O)CC[C@@]3(C)C[C@@]21C. The first-order valence-corrected chi connectivity index (χ1v) is 12.9. The normalized spacial score (nSPS) is 35.5. The number of hydrogen-bond donors (Lipinski definition) is 2. The molecule has 2 fully saturated rings. The second-order valence-electron chi connectivity index (χ2n) is 11.6. The van der Waals surface area contributed by atoms with Gasteiger partial charge in [-0.1, -0.05) is 49.7 Å². The Bertz CT molecular complexity index is 911. The van der Waals surface area contributed by atoms with E-state index in [4.69, 9.17) is 9.47 Å². The molecule has 8 heteroatoms. The maximum Gasteiger partial charge on any atom is 0.302 e. The van der Waals surface area contributed by atoms with E-state index in [0.717, 1.165) is 37.8 Å². The van der Waals surface area contributed by atoms with Gasteiger partial charge in [0.1, 0.15) is 6.10 Å². The number of hydrogen-bond acceptors (Lipinski definition) is 8. The van der Waals surface area contributed by atoms with Gasteiger partial charge in [0.2, 0.25) is 0 Å². The van der Waals surface area contributed by atoms with Gasteiger partial charge in [-0.25, -0.2) is 0 Å². The summed E-state index contributed by atoms with van der Waals surface area (Å²) in [5.41, 5.74) is 2.64. The zero-order valence-electron chi connectivity index (χ0n) is 22.0. The van der Waals surface area contributed by atoms with Crippen molar-refractivity contribution in [3.05, 3.63) is 11.6 Å². The number of nitrogens with zero attached hydrogens (tertiary/aromatic N) is 2. The van der Waals surface area contributed by atoms with Crippen molar-refractivity contribution in [2.24, 2.45) is 44.8 Å². The fourth-order valence-electron chi connectivity index (χ4n) is 7.07. The summed E-state index contributed by atoms with van der Waals surface area (Å²) in [6.07, 6.45) is 7.76. The lowest BCUT2D eigenvalue weighted by molar-refractivity contribution is -0.148. The standard InChI is InChI=1S/C27H42N2O6/c1-16(14-34-18(3)30)7-8-23(28-32)17(2)25-24(29-33)13-21-11-20-12-22(35-19(4)31)9-10-26(20,5)15-27(21,25)6/h11,16-17,21-22,25,32-33H,7-10,12-15H2,1-6H3/b28-23-,29-24-/t16-,17+,21+,22-,25+,26-,27-/m0/s1. The van der Waals surface area contributed by atoms with Crippen LogP contribution in [0.2, 0.25) is 0 Å². The molecule has 0 radical (unpaired) electrons. The molecule has 196 valence electrons. The molecular formula is C27H42N2O6. The van der Waals surface area contributed by atoms with Gasteiger partial charge < -0.3 is 19.9 Å². The molecule has 2 saturated carbocycles. The summed E-state index contributed by atoms with van der Waals surface area (Å²) in [6, 6.07) is 0. The van der Waals surface area contributed by atoms with Crippen molar-refractivity contribution >= 4 is 23.4 Å². The van der Waals surface area contributed by atoms with Gasteiger partial charge >= 0.3 is 11.9 Å². The molecule has 0 amide bonds. The smallest absolute Gasteiger partial charge is 0.302 e. The van der Waals surface area contributed by atoms with Gasteiger partial charge in [-0.15, -0.1) is 0 Å². The number of allylic oxidation sites excluding steroid dienone is 1. The van der Waals surface area contributed by atoms with Gasteiger partial charge in [0, 0.05) is 32.1 Å². The number of carbonyl (C=O) groups is 2. The third kappa shape index (κ3) is 5.72. The summed E-state index contributed by atoms with van der Waals surface area (Å²) in [7, 11) is 0. The van der Waals surface area contributed by atoms with Crippen LogP contribution in [0.3, 0.4) is 0 Å². The summed E-state index contributed by atoms with van der Waals surface area (Å²) in [4.78, 5) is 22.6. The second kappa shape index (κ2) is 10.7. The molecule has 3 aliphatic carbocycles. The monoisotopic (exact) mass is 490 g/mol. The molecule has 0 aromatic carbocycles. The Labute approximate surface area is 208 Å². The average Bonchev–Trinajstić information content (AvgIpc) is 3.06. The van der Waals surface area contributed by atoms with E-state index in [9.17, 15) is 20.0 Å². The number of esters is 2. The third-order valence-electron chi connectivity index (χ3n) is 8.84. The van der Waals surface area contributed by atoms with E-state index in [1.165, 1.54) is 19.4 Å². The van der Waals surface area contributed by atoms with E-state index in [2.05, 4.69) is 37.2 Å². The Morgan fingerprint density at radius 2 is 1.89 bits per heavy atom. The highest BCUT2D eigenvalue weighted by atomic mass is 16.5. The molecule has 0 heterocycles. The lowest BCUT2D eigenvalue weighted by Crippen LogP contribution is -2.46. The molecule has 0 bridgehead atoms. The van der Waals surface area contributed by atoms with Crippen molar-refractivity contribution in [3.63, 3.8) is 0 Å². The van der Waals surface area contributed by atoms with Crippen molar-refractivity contribution in [3.8, 4) is 0 Å². The average molecular weight is 491 g/mol. The lowest BCUT2D eigenvalue weighted by Gasteiger charge is -2.52. The van der Waals surface area contributed by atoms with Gasteiger partial charge in [0.15, 0.2) is 0 Å². The molecule has 0 aromatic heterocycles. The Morgan fingerprint density at radius 1 is 1.17 bits per heavy atom. The van der Waals surface area contributed by atoms with E-state index < -0.39 is 0 Å². The molecule has 8 nitrogen and oxygen atoms in total. The molecule has 0 aliphatic heterocycles. The first kappa shape index (κ1) is 27.2. The number of ether oxygens (including phenoxy) is 2. The summed E-state index contributed by atoms with van der Waals surface area (Å²) in [5, 5.41) is 27.3. The summed E-state index contributed by atoms with van der Waals surface area (Å²) in [5.74, 6) is -0.321. The fraction of sp³-hybridized carbons (Fsp3) is 0.778. The van der Waals surface area contributed by atoms with Crippen molar-refractivity contribution < 1.29 is 29.5 Å². The fourth-order valence-corrected chi connectivity index (χ4v) is 7.07. The first-order valence-electron chi connectivity index (χ1n) is 12.9. The van der Waals surface area contributed by atoms with Crippen LogP contribution in [-0.4, -0.2) is 46.5 Å². The molecule has 0 spiro atoms. The molecule has 3 rings (SSSR count). The van der Waals surface area contributed by atoms with Crippen LogP contribution < -0.4 is 0 Å². The molecule has 0 aromatic rings. The van der Waals surface area contributed by atoms with Crippen molar-refractivity contribution in [2.45, 2.75) is 92.6 Å². The Balaban J connectivity index is 1.80. The largest absolute Gasteiger partial charge is 0.466 e. The van der Waals surface area contributed by atoms with E-state index in [-0.39, 0.29) is 52.5 Å². The number of oxime groups is 2. The number of rotatable bonds is 8. The molecular weight excluding hydrogens is 448 g/mol. The van der Waals surface area contributed by atoms with E-state index in [1.807, 2.05) is 6.92 Å². The third-order valence-corrected chi connectivity index (χ3v) is 8.84. The van der Waals surface area contributed by atoms with Crippen molar-refractivity contribution in [1.82, 2.24) is 0 Å². The second-order valence-corrected chi connectivity index (χ2v) is 11.6. The van der Waals surface area contributed by atoms with Crippen molar-refractivity contribution in [1.29, 1.82) is 0 Å². The highest BCUT2D eigenvalue weighted by Gasteiger charge is 2.58. The van der Waals surface area contributed by atoms with Gasteiger partial charge in [0.25, 0.3) is 0 Å². The van der Waals surface area contributed by atoms with Gasteiger partial charge in [0.05, 0.1) is 18.0 Å². The van der Waals surface area contributed by atoms with Gasteiger partial charge in [-0.3, -0.25) is 9.59 Å². The van der Waals surface area contributed by atoms with Crippen LogP contribution >= 0.6 is 0 Å². The van der Waals surface area contributed by atoms with Gasteiger partial charge in [-0.05, 0) is 61.2 Å². The summed E-state index contributed by atoms with van der Waals surface area (Å²) < 4.78 is 10.6. The zero-order valence-corrected chi connectivity index (χ0v) is 22.0. The Morgan fingerprint density at radius 3 is 2.49 bits per heavy atom.